The standard InChI is InChI=1S/C24H15ClN2O4/c25-24-17-10-3-1-8-15(17)19(16-9-2-4-11-18(16)24)20-21(24)23(29)26(22(20)28)13-6-5-7-14(12-13)27(30)31/h1-12,19-21H/t19?,20-,21-,24?/m0/s1. The zero-order valence-electron chi connectivity index (χ0n) is 16.1. The fourth-order valence-electron chi connectivity index (χ4n) is 5.68. The normalized spacial score (nSPS) is 27.6. The molecule has 4 aliphatic rings. The van der Waals surface area contributed by atoms with Crippen molar-refractivity contribution in [2.24, 2.45) is 11.8 Å². The van der Waals surface area contributed by atoms with Gasteiger partial charge in [-0.2, -0.15) is 0 Å². The number of anilines is 1. The van der Waals surface area contributed by atoms with E-state index in [0.29, 0.717) is 0 Å². The molecule has 7 heteroatoms. The first-order valence-electron chi connectivity index (χ1n) is 9.94. The number of benzene rings is 3. The fourth-order valence-corrected chi connectivity index (χ4v) is 6.25. The van der Waals surface area contributed by atoms with E-state index in [1.54, 1.807) is 6.07 Å². The van der Waals surface area contributed by atoms with Gasteiger partial charge in [-0.05, 0) is 28.3 Å². The van der Waals surface area contributed by atoms with Crippen LogP contribution in [0.5, 0.6) is 0 Å². The number of nitro benzene ring substituents is 1. The van der Waals surface area contributed by atoms with Gasteiger partial charge in [-0.3, -0.25) is 19.7 Å². The number of nitrogens with zero attached hydrogens (tertiary/aromatic N) is 2. The third kappa shape index (κ3) is 2.12. The number of imide groups is 1. The minimum atomic E-state index is -1.17. The van der Waals surface area contributed by atoms with Gasteiger partial charge in [0.1, 0.15) is 4.87 Å². The van der Waals surface area contributed by atoms with Crippen molar-refractivity contribution in [2.75, 3.05) is 4.90 Å². The Bertz CT molecular complexity index is 1270. The molecule has 31 heavy (non-hydrogen) atoms. The fraction of sp³-hybridized carbons (Fsp3) is 0.167. The minimum absolute atomic E-state index is 0.178. The number of rotatable bonds is 2. The molecule has 1 heterocycles. The molecule has 0 saturated carbocycles. The van der Waals surface area contributed by atoms with Gasteiger partial charge in [0, 0.05) is 18.1 Å². The van der Waals surface area contributed by atoms with Crippen LogP contribution in [-0.2, 0) is 14.5 Å². The summed E-state index contributed by atoms with van der Waals surface area (Å²) in [5.41, 5.74) is 3.64. The average molecular weight is 431 g/mol. The second kappa shape index (κ2) is 6.02. The number of halogens is 1. The van der Waals surface area contributed by atoms with Crippen LogP contribution in [0.25, 0.3) is 0 Å². The summed E-state index contributed by atoms with van der Waals surface area (Å²) in [6, 6.07) is 21.0. The molecule has 7 rings (SSSR count). The van der Waals surface area contributed by atoms with Crippen molar-refractivity contribution in [2.45, 2.75) is 10.8 Å². The monoisotopic (exact) mass is 430 g/mol. The van der Waals surface area contributed by atoms with Crippen LogP contribution in [0.4, 0.5) is 11.4 Å². The second-order valence-corrected chi connectivity index (χ2v) is 8.75. The van der Waals surface area contributed by atoms with Crippen molar-refractivity contribution < 1.29 is 14.5 Å². The maximum Gasteiger partial charge on any atom is 0.271 e. The van der Waals surface area contributed by atoms with Gasteiger partial charge in [0.2, 0.25) is 11.8 Å². The number of non-ortho nitro benzene ring substituents is 1. The SMILES string of the molecule is O=C1[C@@H]2[C@@H](C(=O)N1c1cccc([N+](=O)[O-])c1)C1c3ccccc3C2(Cl)c2ccccc21. The van der Waals surface area contributed by atoms with Crippen molar-refractivity contribution in [3.8, 4) is 0 Å². The van der Waals surface area contributed by atoms with Gasteiger partial charge in [0.05, 0.1) is 22.4 Å². The molecule has 1 saturated heterocycles. The Morgan fingerprint density at radius 3 is 2.10 bits per heavy atom. The Balaban J connectivity index is 1.58. The van der Waals surface area contributed by atoms with Gasteiger partial charge < -0.3 is 0 Å². The number of carbonyl (C=O) groups is 2. The number of nitro groups is 1. The van der Waals surface area contributed by atoms with E-state index in [4.69, 9.17) is 11.6 Å². The highest BCUT2D eigenvalue weighted by Gasteiger charge is 2.68. The van der Waals surface area contributed by atoms with Gasteiger partial charge >= 0.3 is 0 Å². The molecule has 0 N–H and O–H groups in total. The summed E-state index contributed by atoms with van der Waals surface area (Å²) in [4.78, 5) is 38.0. The second-order valence-electron chi connectivity index (χ2n) is 8.16. The predicted octanol–water partition coefficient (Wildman–Crippen LogP) is 4.34. The molecule has 3 aliphatic carbocycles. The number of alkyl halides is 1. The lowest BCUT2D eigenvalue weighted by molar-refractivity contribution is -0.384. The molecule has 2 amide bonds. The summed E-state index contributed by atoms with van der Waals surface area (Å²) in [6.07, 6.45) is 0. The van der Waals surface area contributed by atoms with E-state index in [1.807, 2.05) is 48.5 Å². The van der Waals surface area contributed by atoms with E-state index in [2.05, 4.69) is 0 Å². The lowest BCUT2D eigenvalue weighted by atomic mass is 9.54. The summed E-state index contributed by atoms with van der Waals surface area (Å²) in [5.74, 6) is -2.52. The van der Waals surface area contributed by atoms with Crippen molar-refractivity contribution >= 4 is 34.8 Å². The summed E-state index contributed by atoms with van der Waals surface area (Å²) < 4.78 is 0. The maximum absolute atomic E-state index is 13.7. The van der Waals surface area contributed by atoms with Gasteiger partial charge in [0.15, 0.2) is 0 Å². The Morgan fingerprint density at radius 1 is 0.871 bits per heavy atom. The molecule has 3 aromatic carbocycles. The van der Waals surface area contributed by atoms with Crippen LogP contribution in [0.2, 0.25) is 0 Å². The highest BCUT2D eigenvalue weighted by atomic mass is 35.5. The predicted molar refractivity (Wildman–Crippen MR) is 114 cm³/mol. The van der Waals surface area contributed by atoms with E-state index >= 15 is 0 Å². The lowest BCUT2D eigenvalue weighted by Gasteiger charge is -2.50. The van der Waals surface area contributed by atoms with E-state index in [9.17, 15) is 19.7 Å². The molecule has 2 atom stereocenters. The number of carbonyl (C=O) groups excluding carboxylic acids is 2. The third-order valence-corrected chi connectivity index (χ3v) is 7.46. The summed E-state index contributed by atoms with van der Waals surface area (Å²) >= 11 is 7.35. The first-order chi connectivity index (χ1) is 14.9. The Labute approximate surface area is 182 Å². The zero-order chi connectivity index (χ0) is 21.5. The van der Waals surface area contributed by atoms with E-state index in [-0.39, 0.29) is 23.2 Å². The summed E-state index contributed by atoms with van der Waals surface area (Å²) in [6.45, 7) is 0. The Hall–Kier alpha value is -3.51. The molecule has 0 radical (unpaired) electrons. The number of hydrogen-bond acceptors (Lipinski definition) is 4. The number of hydrogen-bond donors (Lipinski definition) is 0. The lowest BCUT2D eigenvalue weighted by Crippen LogP contribution is -2.50. The van der Waals surface area contributed by atoms with E-state index < -0.39 is 27.5 Å². The molecular formula is C24H15ClN2O4. The van der Waals surface area contributed by atoms with Crippen LogP contribution in [0, 0.1) is 22.0 Å². The van der Waals surface area contributed by atoms with Crippen molar-refractivity contribution in [1.82, 2.24) is 0 Å². The van der Waals surface area contributed by atoms with E-state index in [1.165, 1.54) is 18.2 Å². The molecule has 0 aromatic heterocycles. The summed E-state index contributed by atoms with van der Waals surface area (Å²) in [5, 5.41) is 11.2. The highest BCUT2D eigenvalue weighted by Crippen LogP contribution is 2.65. The van der Waals surface area contributed by atoms with Gasteiger partial charge in [-0.1, -0.05) is 54.6 Å². The van der Waals surface area contributed by atoms with Crippen LogP contribution in [0.3, 0.4) is 0 Å². The largest absolute Gasteiger partial charge is 0.274 e. The van der Waals surface area contributed by atoms with Crippen molar-refractivity contribution in [3.63, 3.8) is 0 Å². The molecule has 2 bridgehead atoms. The Kier molecular flexibility index (Phi) is 3.55. The van der Waals surface area contributed by atoms with Crippen LogP contribution in [-0.4, -0.2) is 16.7 Å². The number of amides is 2. The van der Waals surface area contributed by atoms with Crippen LogP contribution >= 0.6 is 11.6 Å². The average Bonchev–Trinajstić information content (AvgIpc) is 3.06. The zero-order valence-corrected chi connectivity index (χ0v) is 16.8. The molecule has 0 spiro atoms. The topological polar surface area (TPSA) is 80.5 Å². The van der Waals surface area contributed by atoms with Crippen LogP contribution in [0.1, 0.15) is 28.2 Å². The van der Waals surface area contributed by atoms with Gasteiger partial charge in [0.25, 0.3) is 5.69 Å². The van der Waals surface area contributed by atoms with Gasteiger partial charge in [-0.25, -0.2) is 4.90 Å². The quantitative estimate of drug-likeness (QED) is 0.262. The van der Waals surface area contributed by atoms with Crippen molar-refractivity contribution in [3.05, 3.63) is 105 Å². The van der Waals surface area contributed by atoms with Gasteiger partial charge in [-0.15, -0.1) is 11.6 Å². The molecular weight excluding hydrogens is 416 g/mol. The van der Waals surface area contributed by atoms with Crippen LogP contribution < -0.4 is 4.90 Å². The molecule has 6 nitrogen and oxygen atoms in total. The van der Waals surface area contributed by atoms with E-state index in [0.717, 1.165) is 27.2 Å². The summed E-state index contributed by atoms with van der Waals surface area (Å²) in [7, 11) is 0. The first-order valence-corrected chi connectivity index (χ1v) is 10.3. The molecule has 1 aliphatic heterocycles. The third-order valence-electron chi connectivity index (χ3n) is 6.81. The van der Waals surface area contributed by atoms with Crippen LogP contribution in [0.15, 0.2) is 72.8 Å². The first kappa shape index (κ1) is 18.3. The highest BCUT2D eigenvalue weighted by molar-refractivity contribution is 6.33. The smallest absolute Gasteiger partial charge is 0.271 e. The molecule has 1 fully saturated rings. The minimum Gasteiger partial charge on any atom is -0.274 e. The molecule has 152 valence electrons. The maximum atomic E-state index is 13.7. The Morgan fingerprint density at radius 2 is 1.48 bits per heavy atom. The molecule has 3 aromatic rings. The molecule has 0 unspecified atom stereocenters. The van der Waals surface area contributed by atoms with Crippen molar-refractivity contribution in [1.29, 1.82) is 0 Å².